The van der Waals surface area contributed by atoms with Gasteiger partial charge in [-0.2, -0.15) is 0 Å². The summed E-state index contributed by atoms with van der Waals surface area (Å²) in [6, 6.07) is 31.5. The summed E-state index contributed by atoms with van der Waals surface area (Å²) in [5.74, 6) is -1.31. The highest BCUT2D eigenvalue weighted by molar-refractivity contribution is 7.84. The van der Waals surface area contributed by atoms with Gasteiger partial charge in [0.05, 0.1) is 10.8 Å². The SMILES string of the molecule is CN(C(c1cc(F)cc(F)c1)c1ccccc1P(c1ccccc1)c1ccccc1)S(=O)C(C)(C)C. The molecular weight excluding hydrogens is 491 g/mol. The molecule has 0 spiro atoms. The fourth-order valence-corrected chi connectivity index (χ4v) is 8.13. The van der Waals surface area contributed by atoms with Gasteiger partial charge in [-0.25, -0.2) is 17.3 Å². The van der Waals surface area contributed by atoms with Crippen molar-refractivity contribution in [1.29, 1.82) is 0 Å². The summed E-state index contributed by atoms with van der Waals surface area (Å²) in [5.41, 5.74) is 1.30. The van der Waals surface area contributed by atoms with Crippen LogP contribution in [0.5, 0.6) is 0 Å². The van der Waals surface area contributed by atoms with Crippen LogP contribution in [0.4, 0.5) is 8.78 Å². The molecule has 0 saturated carbocycles. The van der Waals surface area contributed by atoms with Crippen molar-refractivity contribution >= 4 is 34.8 Å². The summed E-state index contributed by atoms with van der Waals surface area (Å²) >= 11 is 0. The second kappa shape index (κ2) is 11.1. The third-order valence-corrected chi connectivity index (χ3v) is 10.2. The van der Waals surface area contributed by atoms with Gasteiger partial charge in [-0.15, -0.1) is 0 Å². The van der Waals surface area contributed by atoms with Crippen molar-refractivity contribution in [3.8, 4) is 0 Å². The van der Waals surface area contributed by atoms with E-state index in [9.17, 15) is 13.0 Å². The smallest absolute Gasteiger partial charge is 0.126 e. The Kier molecular flexibility index (Phi) is 8.14. The zero-order valence-corrected chi connectivity index (χ0v) is 22.6. The summed E-state index contributed by atoms with van der Waals surface area (Å²) in [6.07, 6.45) is 0. The fraction of sp³-hybridized carbons (Fsp3) is 0.200. The molecule has 0 aliphatic heterocycles. The summed E-state index contributed by atoms with van der Waals surface area (Å²) < 4.78 is 43.7. The molecule has 0 saturated heterocycles. The molecule has 0 heterocycles. The average Bonchev–Trinajstić information content (AvgIpc) is 2.85. The maximum Gasteiger partial charge on any atom is 0.126 e. The van der Waals surface area contributed by atoms with E-state index < -0.39 is 41.3 Å². The van der Waals surface area contributed by atoms with Gasteiger partial charge in [0.15, 0.2) is 0 Å². The Bertz CT molecular complexity index is 1280. The first kappa shape index (κ1) is 26.3. The molecule has 186 valence electrons. The zero-order valence-electron chi connectivity index (χ0n) is 20.9. The van der Waals surface area contributed by atoms with Crippen LogP contribution in [0.1, 0.15) is 37.9 Å². The third kappa shape index (κ3) is 5.81. The van der Waals surface area contributed by atoms with Crippen molar-refractivity contribution in [3.05, 3.63) is 126 Å². The van der Waals surface area contributed by atoms with Gasteiger partial charge >= 0.3 is 0 Å². The second-order valence-corrected chi connectivity index (χ2v) is 14.1. The maximum absolute atomic E-state index is 14.5. The first-order valence-corrected chi connectivity index (χ1v) is 14.2. The molecule has 2 unspecified atom stereocenters. The van der Waals surface area contributed by atoms with Crippen molar-refractivity contribution in [2.75, 3.05) is 7.05 Å². The minimum absolute atomic E-state index is 0.427. The molecule has 2 nitrogen and oxygen atoms in total. The third-order valence-electron chi connectivity index (χ3n) is 5.85. The van der Waals surface area contributed by atoms with Gasteiger partial charge in [0.1, 0.15) is 22.6 Å². The lowest BCUT2D eigenvalue weighted by molar-refractivity contribution is 0.437. The van der Waals surface area contributed by atoms with Crippen LogP contribution in [0, 0.1) is 11.6 Å². The summed E-state index contributed by atoms with van der Waals surface area (Å²) in [6.45, 7) is 5.70. The standard InChI is InChI=1S/C30H30F2NOPS/c1-30(2,3)36(34)33(4)29(22-19-23(31)21-24(32)20-22)27-17-11-12-18-28(27)35(25-13-7-5-8-14-25)26-15-9-6-10-16-26/h5-21,29H,1-4H3. The van der Waals surface area contributed by atoms with Crippen molar-refractivity contribution in [2.24, 2.45) is 0 Å². The Labute approximate surface area is 216 Å². The molecule has 4 aromatic carbocycles. The van der Waals surface area contributed by atoms with Gasteiger partial charge in [0.25, 0.3) is 0 Å². The van der Waals surface area contributed by atoms with Gasteiger partial charge in [0, 0.05) is 13.1 Å². The first-order valence-electron chi connectivity index (χ1n) is 11.8. The summed E-state index contributed by atoms with van der Waals surface area (Å²) in [5, 5.41) is 3.38. The summed E-state index contributed by atoms with van der Waals surface area (Å²) in [7, 11) is -0.669. The van der Waals surface area contributed by atoms with Crippen molar-refractivity contribution in [1.82, 2.24) is 4.31 Å². The predicted molar refractivity (Wildman–Crippen MR) is 149 cm³/mol. The normalized spacial score (nSPS) is 13.7. The molecule has 4 rings (SSSR count). The van der Waals surface area contributed by atoms with E-state index in [1.54, 1.807) is 11.4 Å². The molecule has 0 aliphatic carbocycles. The van der Waals surface area contributed by atoms with Gasteiger partial charge in [-0.05, 0) is 67.9 Å². The highest BCUT2D eigenvalue weighted by Crippen LogP contribution is 2.39. The van der Waals surface area contributed by atoms with Crippen LogP contribution in [-0.2, 0) is 11.0 Å². The minimum atomic E-state index is -1.44. The number of hydrogen-bond donors (Lipinski definition) is 0. The Hall–Kier alpha value is -2.72. The van der Waals surface area contributed by atoms with Gasteiger partial charge in [-0.3, -0.25) is 0 Å². The van der Waals surface area contributed by atoms with Crippen LogP contribution in [-0.4, -0.2) is 20.3 Å². The van der Waals surface area contributed by atoms with Crippen LogP contribution in [0.2, 0.25) is 0 Å². The average molecular weight is 522 g/mol. The van der Waals surface area contributed by atoms with Crippen LogP contribution in [0.15, 0.2) is 103 Å². The zero-order chi connectivity index (χ0) is 25.9. The van der Waals surface area contributed by atoms with Crippen molar-refractivity contribution in [2.45, 2.75) is 31.6 Å². The molecule has 0 amide bonds. The number of hydrogen-bond acceptors (Lipinski definition) is 1. The molecule has 6 heteroatoms. The van der Waals surface area contributed by atoms with E-state index in [2.05, 4.69) is 30.3 Å². The Morgan fingerprint density at radius 3 is 1.72 bits per heavy atom. The van der Waals surface area contributed by atoms with E-state index in [1.165, 1.54) is 12.1 Å². The van der Waals surface area contributed by atoms with Gasteiger partial charge < -0.3 is 0 Å². The molecule has 0 bridgehead atoms. The van der Waals surface area contributed by atoms with E-state index in [0.29, 0.717) is 5.56 Å². The van der Waals surface area contributed by atoms with E-state index in [-0.39, 0.29) is 0 Å². The maximum atomic E-state index is 14.5. The number of halogens is 2. The fourth-order valence-electron chi connectivity index (χ4n) is 4.35. The van der Waals surface area contributed by atoms with Crippen molar-refractivity contribution in [3.63, 3.8) is 0 Å². The predicted octanol–water partition coefficient (Wildman–Crippen LogP) is 6.21. The Balaban J connectivity index is 1.98. The molecule has 0 aliphatic rings. The quantitative estimate of drug-likeness (QED) is 0.265. The lowest BCUT2D eigenvalue weighted by atomic mass is 9.98. The Morgan fingerprint density at radius 1 is 0.750 bits per heavy atom. The van der Waals surface area contributed by atoms with Crippen molar-refractivity contribution < 1.29 is 13.0 Å². The van der Waals surface area contributed by atoms with E-state index in [4.69, 9.17) is 0 Å². The second-order valence-electron chi connectivity index (χ2n) is 9.58. The van der Waals surface area contributed by atoms with Crippen LogP contribution >= 0.6 is 7.92 Å². The van der Waals surface area contributed by atoms with Gasteiger partial charge in [0.2, 0.25) is 0 Å². The molecule has 36 heavy (non-hydrogen) atoms. The molecule has 0 radical (unpaired) electrons. The van der Waals surface area contributed by atoms with Crippen LogP contribution in [0.3, 0.4) is 0 Å². The largest absolute Gasteiger partial charge is 0.242 e. The van der Waals surface area contributed by atoms with Crippen LogP contribution in [0.25, 0.3) is 0 Å². The highest BCUT2D eigenvalue weighted by atomic mass is 32.2. The lowest BCUT2D eigenvalue weighted by Gasteiger charge is -2.35. The molecule has 4 aromatic rings. The molecule has 0 fully saturated rings. The first-order chi connectivity index (χ1) is 17.2. The highest BCUT2D eigenvalue weighted by Gasteiger charge is 2.33. The van der Waals surface area contributed by atoms with Crippen LogP contribution < -0.4 is 15.9 Å². The number of rotatable bonds is 7. The molecular formula is C30H30F2NOPS. The number of nitrogens with zero attached hydrogens (tertiary/aromatic N) is 1. The van der Waals surface area contributed by atoms with E-state index in [0.717, 1.165) is 27.5 Å². The van der Waals surface area contributed by atoms with E-state index in [1.807, 2.05) is 75.4 Å². The number of benzene rings is 4. The Morgan fingerprint density at radius 2 is 1.22 bits per heavy atom. The van der Waals surface area contributed by atoms with Gasteiger partial charge in [-0.1, -0.05) is 84.9 Å². The van der Waals surface area contributed by atoms with E-state index >= 15 is 0 Å². The monoisotopic (exact) mass is 521 g/mol. The summed E-state index contributed by atoms with van der Waals surface area (Å²) in [4.78, 5) is 0. The lowest BCUT2D eigenvalue weighted by Crippen LogP contribution is -2.39. The minimum Gasteiger partial charge on any atom is -0.242 e. The topological polar surface area (TPSA) is 20.3 Å². The molecule has 0 N–H and O–H groups in total. The molecule has 2 atom stereocenters. The molecule has 0 aromatic heterocycles.